The molecule has 0 aliphatic carbocycles. The summed E-state index contributed by atoms with van der Waals surface area (Å²) >= 11 is 0. The Morgan fingerprint density at radius 3 is 1.52 bits per heavy atom. The fraction of sp³-hybridized carbons (Fsp3) is 1.00. The zero-order valence-corrected chi connectivity index (χ0v) is 15.8. The molecule has 0 radical (unpaired) electrons. The molecule has 21 heavy (non-hydrogen) atoms. The molecule has 0 saturated carbocycles. The predicted molar refractivity (Wildman–Crippen MR) is 98.9 cm³/mol. The lowest BCUT2D eigenvalue weighted by molar-refractivity contribution is 0.299. The standard InChI is InChI=1S/C21H44/c1-5-9-11-13-15-17-20(8-4)19-21(16-7-3)18-14-12-10-6-2/h20-21H,5-19H2,1-4H3. The smallest absolute Gasteiger partial charge is 0.0412 e. The monoisotopic (exact) mass is 296 g/mol. The third-order valence-corrected chi connectivity index (χ3v) is 5.12. The van der Waals surface area contributed by atoms with Crippen molar-refractivity contribution in [2.75, 3.05) is 0 Å². The molecule has 0 spiro atoms. The summed E-state index contributed by atoms with van der Waals surface area (Å²) in [7, 11) is 0. The third-order valence-electron chi connectivity index (χ3n) is 5.12. The Kier molecular flexibility index (Phi) is 16.4. The molecule has 0 aromatic carbocycles. The molecule has 0 aliphatic rings. The number of rotatable bonds is 16. The van der Waals surface area contributed by atoms with Crippen LogP contribution in [0.4, 0.5) is 0 Å². The van der Waals surface area contributed by atoms with E-state index in [1.165, 1.54) is 96.3 Å². The molecular formula is C21H44. The minimum absolute atomic E-state index is 1.01. The molecule has 2 atom stereocenters. The summed E-state index contributed by atoms with van der Waals surface area (Å²) in [6, 6.07) is 0. The molecule has 0 aromatic heterocycles. The molecule has 0 aliphatic heterocycles. The van der Waals surface area contributed by atoms with Gasteiger partial charge in [-0.2, -0.15) is 0 Å². The lowest BCUT2D eigenvalue weighted by Gasteiger charge is -2.22. The molecule has 0 aromatic rings. The fourth-order valence-corrected chi connectivity index (χ4v) is 3.64. The molecule has 2 unspecified atom stereocenters. The first-order chi connectivity index (χ1) is 10.3. The van der Waals surface area contributed by atoms with Crippen molar-refractivity contribution in [3.8, 4) is 0 Å². The first-order valence-corrected chi connectivity index (χ1v) is 10.3. The summed E-state index contributed by atoms with van der Waals surface area (Å²) in [6.07, 6.45) is 21.7. The Morgan fingerprint density at radius 1 is 0.476 bits per heavy atom. The Labute approximate surface area is 136 Å². The average Bonchev–Trinajstić information content (AvgIpc) is 2.50. The molecule has 0 heteroatoms. The van der Waals surface area contributed by atoms with Gasteiger partial charge in [-0.15, -0.1) is 0 Å². The first-order valence-electron chi connectivity index (χ1n) is 10.3. The summed E-state index contributed by atoms with van der Waals surface area (Å²) in [5.74, 6) is 2.03. The molecule has 128 valence electrons. The average molecular weight is 297 g/mol. The van der Waals surface area contributed by atoms with Gasteiger partial charge in [0.25, 0.3) is 0 Å². The topological polar surface area (TPSA) is 0 Å². The molecule has 0 saturated heterocycles. The van der Waals surface area contributed by atoms with E-state index in [1.54, 1.807) is 0 Å². The zero-order valence-electron chi connectivity index (χ0n) is 15.8. The largest absolute Gasteiger partial charge is 0.0654 e. The van der Waals surface area contributed by atoms with Crippen LogP contribution in [0, 0.1) is 11.8 Å². The molecule has 0 N–H and O–H groups in total. The van der Waals surface area contributed by atoms with Gasteiger partial charge in [0, 0.05) is 0 Å². The molecule has 0 amide bonds. The number of unbranched alkanes of at least 4 members (excludes halogenated alkanes) is 7. The van der Waals surface area contributed by atoms with E-state index in [2.05, 4.69) is 27.7 Å². The van der Waals surface area contributed by atoms with Crippen LogP contribution in [0.25, 0.3) is 0 Å². The van der Waals surface area contributed by atoms with Gasteiger partial charge in [-0.1, -0.05) is 118 Å². The van der Waals surface area contributed by atoms with Crippen molar-refractivity contribution >= 4 is 0 Å². The van der Waals surface area contributed by atoms with Crippen LogP contribution in [0.2, 0.25) is 0 Å². The van der Waals surface area contributed by atoms with Crippen LogP contribution < -0.4 is 0 Å². The normalized spacial score (nSPS) is 14.3. The van der Waals surface area contributed by atoms with Crippen LogP contribution in [0.5, 0.6) is 0 Å². The summed E-state index contributed by atoms with van der Waals surface area (Å²) in [5.41, 5.74) is 0. The van der Waals surface area contributed by atoms with Crippen molar-refractivity contribution in [3.05, 3.63) is 0 Å². The van der Waals surface area contributed by atoms with Gasteiger partial charge in [0.2, 0.25) is 0 Å². The summed E-state index contributed by atoms with van der Waals surface area (Å²) in [6.45, 7) is 9.40. The van der Waals surface area contributed by atoms with E-state index in [1.807, 2.05) is 0 Å². The van der Waals surface area contributed by atoms with Crippen molar-refractivity contribution in [3.63, 3.8) is 0 Å². The number of hydrogen-bond acceptors (Lipinski definition) is 0. The highest BCUT2D eigenvalue weighted by molar-refractivity contribution is 4.67. The van der Waals surface area contributed by atoms with Crippen molar-refractivity contribution in [2.24, 2.45) is 11.8 Å². The fourth-order valence-electron chi connectivity index (χ4n) is 3.64. The van der Waals surface area contributed by atoms with Gasteiger partial charge in [-0.3, -0.25) is 0 Å². The zero-order chi connectivity index (χ0) is 15.8. The van der Waals surface area contributed by atoms with Gasteiger partial charge < -0.3 is 0 Å². The Balaban J connectivity index is 3.88. The third kappa shape index (κ3) is 13.4. The van der Waals surface area contributed by atoms with E-state index in [4.69, 9.17) is 0 Å². The van der Waals surface area contributed by atoms with Crippen LogP contribution in [0.3, 0.4) is 0 Å². The highest BCUT2D eigenvalue weighted by Gasteiger charge is 2.14. The molecule has 0 nitrogen and oxygen atoms in total. The Morgan fingerprint density at radius 2 is 1.00 bits per heavy atom. The number of hydrogen-bond donors (Lipinski definition) is 0. The van der Waals surface area contributed by atoms with Gasteiger partial charge in [0.1, 0.15) is 0 Å². The predicted octanol–water partition coefficient (Wildman–Crippen LogP) is 8.15. The summed E-state index contributed by atoms with van der Waals surface area (Å²) in [4.78, 5) is 0. The van der Waals surface area contributed by atoms with E-state index in [0.29, 0.717) is 0 Å². The van der Waals surface area contributed by atoms with Gasteiger partial charge >= 0.3 is 0 Å². The van der Waals surface area contributed by atoms with E-state index in [0.717, 1.165) is 11.8 Å². The van der Waals surface area contributed by atoms with Crippen molar-refractivity contribution in [2.45, 2.75) is 124 Å². The minimum Gasteiger partial charge on any atom is -0.0654 e. The van der Waals surface area contributed by atoms with Gasteiger partial charge in [-0.05, 0) is 18.3 Å². The van der Waals surface area contributed by atoms with Crippen LogP contribution >= 0.6 is 0 Å². The van der Waals surface area contributed by atoms with Crippen molar-refractivity contribution in [1.82, 2.24) is 0 Å². The van der Waals surface area contributed by atoms with Gasteiger partial charge in [0.05, 0.1) is 0 Å². The molecule has 0 rings (SSSR count). The van der Waals surface area contributed by atoms with Crippen LogP contribution in [-0.4, -0.2) is 0 Å². The summed E-state index contributed by atoms with van der Waals surface area (Å²) in [5, 5.41) is 0. The summed E-state index contributed by atoms with van der Waals surface area (Å²) < 4.78 is 0. The van der Waals surface area contributed by atoms with Crippen molar-refractivity contribution < 1.29 is 0 Å². The quantitative estimate of drug-likeness (QED) is 0.252. The Hall–Kier alpha value is 0. The van der Waals surface area contributed by atoms with E-state index in [9.17, 15) is 0 Å². The van der Waals surface area contributed by atoms with Crippen molar-refractivity contribution in [1.29, 1.82) is 0 Å². The molecule has 0 heterocycles. The highest BCUT2D eigenvalue weighted by Crippen LogP contribution is 2.28. The highest BCUT2D eigenvalue weighted by atomic mass is 14.2. The van der Waals surface area contributed by atoms with E-state index in [-0.39, 0.29) is 0 Å². The lowest BCUT2D eigenvalue weighted by Crippen LogP contribution is -2.09. The van der Waals surface area contributed by atoms with Gasteiger partial charge in [0.15, 0.2) is 0 Å². The first kappa shape index (κ1) is 21.0. The molecular weight excluding hydrogens is 252 g/mol. The minimum atomic E-state index is 1.01. The van der Waals surface area contributed by atoms with Crippen LogP contribution in [0.15, 0.2) is 0 Å². The molecule has 0 fully saturated rings. The second-order valence-electron chi connectivity index (χ2n) is 7.22. The van der Waals surface area contributed by atoms with Crippen LogP contribution in [-0.2, 0) is 0 Å². The van der Waals surface area contributed by atoms with Crippen LogP contribution in [0.1, 0.15) is 124 Å². The Bertz CT molecular complexity index is 184. The SMILES string of the molecule is CCCCCCCC(CC)CC(CCC)CCCCCC. The second-order valence-corrected chi connectivity index (χ2v) is 7.22. The molecule has 0 bridgehead atoms. The van der Waals surface area contributed by atoms with Gasteiger partial charge in [-0.25, -0.2) is 0 Å². The maximum atomic E-state index is 2.41. The maximum absolute atomic E-state index is 2.41. The second kappa shape index (κ2) is 16.4. The van der Waals surface area contributed by atoms with E-state index >= 15 is 0 Å². The maximum Gasteiger partial charge on any atom is -0.0412 e. The van der Waals surface area contributed by atoms with E-state index < -0.39 is 0 Å². The lowest BCUT2D eigenvalue weighted by atomic mass is 9.83.